The van der Waals surface area contributed by atoms with Crippen molar-refractivity contribution in [1.82, 2.24) is 0 Å². The van der Waals surface area contributed by atoms with Crippen molar-refractivity contribution < 1.29 is 4.92 Å². The van der Waals surface area contributed by atoms with Gasteiger partial charge in [-0.2, -0.15) is 0 Å². The third-order valence-corrected chi connectivity index (χ3v) is 2.13. The second kappa shape index (κ2) is 3.92. The zero-order valence-electron chi connectivity index (χ0n) is 7.88. The standard InChI is InChI=1S/C12H8NO2/c14-13(15)12-8-6-11(7-9-12)10-4-2-1-3-5-10/h2-9H. The highest BCUT2D eigenvalue weighted by atomic mass is 16.6. The minimum absolute atomic E-state index is 0.112. The molecule has 0 N–H and O–H groups in total. The molecular weight excluding hydrogens is 190 g/mol. The van der Waals surface area contributed by atoms with Crippen LogP contribution >= 0.6 is 0 Å². The number of hydrogen-bond acceptors (Lipinski definition) is 2. The molecule has 3 heteroatoms. The molecule has 2 rings (SSSR count). The van der Waals surface area contributed by atoms with Crippen molar-refractivity contribution in [2.75, 3.05) is 0 Å². The molecular formula is C12H8NO2. The Labute approximate surface area is 87.1 Å². The fourth-order valence-corrected chi connectivity index (χ4v) is 1.35. The Morgan fingerprint density at radius 1 is 0.933 bits per heavy atom. The van der Waals surface area contributed by atoms with E-state index >= 15 is 0 Å². The number of nitro benzene ring substituents is 1. The highest BCUT2D eigenvalue weighted by Gasteiger charge is 2.04. The first kappa shape index (κ1) is 9.40. The second-order valence-electron chi connectivity index (χ2n) is 3.09. The normalized spacial score (nSPS) is 9.87. The zero-order chi connectivity index (χ0) is 10.7. The van der Waals surface area contributed by atoms with Crippen LogP contribution in [0.3, 0.4) is 0 Å². The van der Waals surface area contributed by atoms with Crippen LogP contribution in [-0.4, -0.2) is 4.92 Å². The molecule has 3 nitrogen and oxygen atoms in total. The number of non-ortho nitro benzene ring substituents is 1. The molecule has 0 unspecified atom stereocenters. The quantitative estimate of drug-likeness (QED) is 0.549. The molecule has 0 saturated heterocycles. The molecule has 2 aromatic carbocycles. The van der Waals surface area contributed by atoms with Crippen molar-refractivity contribution in [2.45, 2.75) is 0 Å². The van der Waals surface area contributed by atoms with Crippen molar-refractivity contribution in [3.63, 3.8) is 0 Å². The summed E-state index contributed by atoms with van der Waals surface area (Å²) < 4.78 is 0. The molecule has 0 heterocycles. The highest BCUT2D eigenvalue weighted by Crippen LogP contribution is 2.21. The van der Waals surface area contributed by atoms with E-state index in [0.29, 0.717) is 0 Å². The maximum absolute atomic E-state index is 10.4. The molecule has 0 aromatic heterocycles. The summed E-state index contributed by atoms with van der Waals surface area (Å²) in [4.78, 5) is 10.0. The SMILES string of the molecule is O=[N+]([O-])c1ccc(-c2cc[c]cc2)cc1. The van der Waals surface area contributed by atoms with Gasteiger partial charge in [-0.1, -0.05) is 24.3 Å². The lowest BCUT2D eigenvalue weighted by atomic mass is 10.1. The minimum Gasteiger partial charge on any atom is -0.258 e. The van der Waals surface area contributed by atoms with Gasteiger partial charge in [0.1, 0.15) is 0 Å². The molecule has 0 amide bonds. The zero-order valence-corrected chi connectivity index (χ0v) is 7.88. The van der Waals surface area contributed by atoms with Crippen LogP contribution in [0.4, 0.5) is 5.69 Å². The number of rotatable bonds is 2. The Balaban J connectivity index is 2.36. The van der Waals surface area contributed by atoms with Crippen LogP contribution in [0.5, 0.6) is 0 Å². The van der Waals surface area contributed by atoms with Crippen molar-refractivity contribution >= 4 is 5.69 Å². The van der Waals surface area contributed by atoms with Crippen LogP contribution in [0.25, 0.3) is 11.1 Å². The Hall–Kier alpha value is -2.16. The number of nitrogens with zero attached hydrogens (tertiary/aromatic N) is 1. The van der Waals surface area contributed by atoms with Crippen molar-refractivity contribution in [3.8, 4) is 11.1 Å². The predicted molar refractivity (Wildman–Crippen MR) is 57.4 cm³/mol. The molecule has 0 bridgehead atoms. The second-order valence-corrected chi connectivity index (χ2v) is 3.09. The van der Waals surface area contributed by atoms with E-state index in [2.05, 4.69) is 6.07 Å². The van der Waals surface area contributed by atoms with E-state index in [1.807, 2.05) is 24.3 Å². The molecule has 2 aromatic rings. The van der Waals surface area contributed by atoms with Gasteiger partial charge in [-0.05, 0) is 29.3 Å². The molecule has 0 atom stereocenters. The van der Waals surface area contributed by atoms with E-state index in [1.165, 1.54) is 12.1 Å². The fraction of sp³-hybridized carbons (Fsp3) is 0. The Morgan fingerprint density at radius 3 is 2.00 bits per heavy atom. The van der Waals surface area contributed by atoms with Gasteiger partial charge in [0, 0.05) is 12.1 Å². The van der Waals surface area contributed by atoms with E-state index in [0.717, 1.165) is 11.1 Å². The number of hydrogen-bond donors (Lipinski definition) is 0. The number of nitro groups is 1. The molecule has 0 aliphatic heterocycles. The molecule has 15 heavy (non-hydrogen) atoms. The van der Waals surface area contributed by atoms with Gasteiger partial charge < -0.3 is 0 Å². The summed E-state index contributed by atoms with van der Waals surface area (Å²) in [6, 6.07) is 16.9. The average Bonchev–Trinajstić information content (AvgIpc) is 2.30. The third kappa shape index (κ3) is 2.02. The van der Waals surface area contributed by atoms with Crippen molar-refractivity contribution in [3.05, 3.63) is 64.7 Å². The van der Waals surface area contributed by atoms with Crippen molar-refractivity contribution in [1.29, 1.82) is 0 Å². The van der Waals surface area contributed by atoms with E-state index in [1.54, 1.807) is 12.1 Å². The summed E-state index contributed by atoms with van der Waals surface area (Å²) in [7, 11) is 0. The number of benzene rings is 2. The highest BCUT2D eigenvalue weighted by molar-refractivity contribution is 5.64. The first-order chi connectivity index (χ1) is 7.27. The van der Waals surface area contributed by atoms with Gasteiger partial charge in [0.05, 0.1) is 4.92 Å². The van der Waals surface area contributed by atoms with Gasteiger partial charge in [0.15, 0.2) is 0 Å². The lowest BCUT2D eigenvalue weighted by molar-refractivity contribution is -0.384. The van der Waals surface area contributed by atoms with E-state index in [9.17, 15) is 10.1 Å². The lowest BCUT2D eigenvalue weighted by Gasteiger charge is -1.99. The van der Waals surface area contributed by atoms with Gasteiger partial charge in [0.2, 0.25) is 0 Å². The van der Waals surface area contributed by atoms with Gasteiger partial charge in [0.25, 0.3) is 5.69 Å². The predicted octanol–water partition coefficient (Wildman–Crippen LogP) is 3.06. The van der Waals surface area contributed by atoms with E-state index in [4.69, 9.17) is 0 Å². The van der Waals surface area contributed by atoms with E-state index in [-0.39, 0.29) is 5.69 Å². The van der Waals surface area contributed by atoms with Gasteiger partial charge >= 0.3 is 0 Å². The topological polar surface area (TPSA) is 43.1 Å². The summed E-state index contributed by atoms with van der Waals surface area (Å²) in [6.45, 7) is 0. The summed E-state index contributed by atoms with van der Waals surface area (Å²) in [6.07, 6.45) is 0. The third-order valence-electron chi connectivity index (χ3n) is 2.13. The van der Waals surface area contributed by atoms with Gasteiger partial charge in [-0.3, -0.25) is 10.1 Å². The first-order valence-electron chi connectivity index (χ1n) is 4.48. The summed E-state index contributed by atoms with van der Waals surface area (Å²) in [5.74, 6) is 0. The van der Waals surface area contributed by atoms with Crippen molar-refractivity contribution in [2.24, 2.45) is 0 Å². The van der Waals surface area contributed by atoms with Gasteiger partial charge in [-0.15, -0.1) is 0 Å². The van der Waals surface area contributed by atoms with Crippen LogP contribution in [0.2, 0.25) is 0 Å². The van der Waals surface area contributed by atoms with Crippen LogP contribution in [0.15, 0.2) is 48.5 Å². The lowest BCUT2D eigenvalue weighted by Crippen LogP contribution is -1.86. The van der Waals surface area contributed by atoms with Crippen LogP contribution in [0, 0.1) is 16.2 Å². The summed E-state index contributed by atoms with van der Waals surface area (Å²) in [5, 5.41) is 10.4. The van der Waals surface area contributed by atoms with E-state index < -0.39 is 4.92 Å². The van der Waals surface area contributed by atoms with Crippen LogP contribution < -0.4 is 0 Å². The van der Waals surface area contributed by atoms with Gasteiger partial charge in [-0.25, -0.2) is 0 Å². The monoisotopic (exact) mass is 198 g/mol. The summed E-state index contributed by atoms with van der Waals surface area (Å²) in [5.41, 5.74) is 2.11. The van der Waals surface area contributed by atoms with Crippen LogP contribution in [-0.2, 0) is 0 Å². The summed E-state index contributed by atoms with van der Waals surface area (Å²) >= 11 is 0. The molecule has 73 valence electrons. The molecule has 0 aliphatic rings. The molecule has 0 fully saturated rings. The fourth-order valence-electron chi connectivity index (χ4n) is 1.35. The first-order valence-corrected chi connectivity index (χ1v) is 4.48. The Kier molecular flexibility index (Phi) is 2.46. The molecule has 1 radical (unpaired) electrons. The van der Waals surface area contributed by atoms with Crippen LogP contribution in [0.1, 0.15) is 0 Å². The maximum Gasteiger partial charge on any atom is 0.269 e. The Morgan fingerprint density at radius 2 is 1.47 bits per heavy atom. The molecule has 0 saturated carbocycles. The maximum atomic E-state index is 10.4. The average molecular weight is 198 g/mol. The Bertz CT molecular complexity index is 463. The minimum atomic E-state index is -0.400. The largest absolute Gasteiger partial charge is 0.269 e. The smallest absolute Gasteiger partial charge is 0.258 e. The molecule has 0 aliphatic carbocycles. The molecule has 0 spiro atoms.